The van der Waals surface area contributed by atoms with Gasteiger partial charge in [-0.1, -0.05) is 30.3 Å². The molecule has 0 fully saturated rings. The number of hydrogen-bond donors (Lipinski definition) is 2. The lowest BCUT2D eigenvalue weighted by Gasteiger charge is -2.12. The summed E-state index contributed by atoms with van der Waals surface area (Å²) >= 11 is 0. The minimum atomic E-state index is -0.148. The smallest absolute Gasteiger partial charge is 0.314 e. The zero-order valence-corrected chi connectivity index (χ0v) is 15.8. The highest BCUT2D eigenvalue weighted by Gasteiger charge is 2.03. The molecule has 0 unspecified atom stereocenters. The molecule has 0 aliphatic carbocycles. The Morgan fingerprint density at radius 1 is 0.962 bits per heavy atom. The largest absolute Gasteiger partial charge is 0.497 e. The van der Waals surface area contributed by atoms with Crippen LogP contribution in [0.25, 0.3) is 0 Å². The number of nitrogens with one attached hydrogen (secondary N) is 2. The van der Waals surface area contributed by atoms with Crippen LogP contribution in [0.1, 0.15) is 23.1 Å². The second-order valence-electron chi connectivity index (χ2n) is 6.20. The van der Waals surface area contributed by atoms with Crippen molar-refractivity contribution in [1.82, 2.24) is 10.6 Å². The third-order valence-corrected chi connectivity index (χ3v) is 4.12. The number of aryl methyl sites for hydroxylation is 2. The highest BCUT2D eigenvalue weighted by Crippen LogP contribution is 2.22. The maximum Gasteiger partial charge on any atom is 0.314 e. The molecule has 0 aliphatic rings. The lowest BCUT2D eigenvalue weighted by atomic mass is 10.1. The van der Waals surface area contributed by atoms with Gasteiger partial charge in [0.15, 0.2) is 0 Å². The summed E-state index contributed by atoms with van der Waals surface area (Å²) < 4.78 is 11.0. The predicted octanol–water partition coefficient (Wildman–Crippen LogP) is 3.62. The summed E-state index contributed by atoms with van der Waals surface area (Å²) in [5, 5.41) is 5.72. The molecule has 2 aromatic carbocycles. The number of carbonyl (C=O) groups excluding carboxylic acids is 1. The minimum absolute atomic E-state index is 0.148. The monoisotopic (exact) mass is 356 g/mol. The number of benzene rings is 2. The van der Waals surface area contributed by atoms with Crippen LogP contribution in [-0.2, 0) is 6.42 Å². The van der Waals surface area contributed by atoms with Crippen LogP contribution >= 0.6 is 0 Å². The molecule has 140 valence electrons. The summed E-state index contributed by atoms with van der Waals surface area (Å²) in [5.74, 6) is 1.78. The van der Waals surface area contributed by atoms with E-state index in [1.807, 2.05) is 56.3 Å². The van der Waals surface area contributed by atoms with Gasteiger partial charge in [0.25, 0.3) is 0 Å². The van der Waals surface area contributed by atoms with Crippen molar-refractivity contribution in [3.63, 3.8) is 0 Å². The van der Waals surface area contributed by atoms with Crippen LogP contribution in [-0.4, -0.2) is 32.8 Å². The van der Waals surface area contributed by atoms with Gasteiger partial charge in [-0.15, -0.1) is 0 Å². The lowest BCUT2D eigenvalue weighted by molar-refractivity contribution is 0.239. The first-order chi connectivity index (χ1) is 12.6. The van der Waals surface area contributed by atoms with Gasteiger partial charge in [-0.25, -0.2) is 4.79 Å². The van der Waals surface area contributed by atoms with Crippen LogP contribution in [0, 0.1) is 13.8 Å². The van der Waals surface area contributed by atoms with Crippen LogP contribution in [0.2, 0.25) is 0 Å². The highest BCUT2D eigenvalue weighted by atomic mass is 16.5. The van der Waals surface area contributed by atoms with E-state index in [4.69, 9.17) is 9.47 Å². The number of para-hydroxylation sites is 1. The molecule has 0 aliphatic heterocycles. The van der Waals surface area contributed by atoms with Gasteiger partial charge < -0.3 is 20.1 Å². The van der Waals surface area contributed by atoms with E-state index >= 15 is 0 Å². The van der Waals surface area contributed by atoms with Crippen LogP contribution in [0.4, 0.5) is 4.79 Å². The van der Waals surface area contributed by atoms with E-state index in [1.165, 1.54) is 0 Å². The molecule has 0 saturated heterocycles. The zero-order chi connectivity index (χ0) is 18.8. The summed E-state index contributed by atoms with van der Waals surface area (Å²) in [5.41, 5.74) is 3.43. The Hall–Kier alpha value is -2.69. The van der Waals surface area contributed by atoms with Crippen molar-refractivity contribution in [3.8, 4) is 11.5 Å². The van der Waals surface area contributed by atoms with E-state index in [2.05, 4.69) is 10.6 Å². The average molecular weight is 356 g/mol. The number of urea groups is 1. The van der Waals surface area contributed by atoms with Crippen LogP contribution in [0.5, 0.6) is 11.5 Å². The first-order valence-corrected chi connectivity index (χ1v) is 8.94. The standard InChI is InChI=1S/C21H28N2O3/c1-16-6-4-7-17(2)20(16)26-15-5-13-22-21(24)23-14-12-18-8-10-19(25-3)11-9-18/h4,6-11H,5,12-15H2,1-3H3,(H2,22,23,24). The van der Waals surface area contributed by atoms with Crippen molar-refractivity contribution in [3.05, 3.63) is 59.2 Å². The molecular formula is C21H28N2O3. The van der Waals surface area contributed by atoms with E-state index in [0.29, 0.717) is 19.7 Å². The Labute approximate surface area is 155 Å². The van der Waals surface area contributed by atoms with Gasteiger partial charge in [-0.2, -0.15) is 0 Å². The number of carbonyl (C=O) groups is 1. The van der Waals surface area contributed by atoms with Crippen LogP contribution in [0.15, 0.2) is 42.5 Å². The topological polar surface area (TPSA) is 59.6 Å². The van der Waals surface area contributed by atoms with Gasteiger partial charge in [0.2, 0.25) is 0 Å². The van der Waals surface area contributed by atoms with Gasteiger partial charge in [-0.3, -0.25) is 0 Å². The van der Waals surface area contributed by atoms with Crippen molar-refractivity contribution in [2.75, 3.05) is 26.8 Å². The number of amides is 2. The molecule has 5 nitrogen and oxygen atoms in total. The zero-order valence-electron chi connectivity index (χ0n) is 15.8. The molecule has 2 aromatic rings. The molecule has 2 rings (SSSR count). The molecule has 2 amide bonds. The first-order valence-electron chi connectivity index (χ1n) is 8.94. The molecule has 2 N–H and O–H groups in total. The SMILES string of the molecule is COc1ccc(CCNC(=O)NCCCOc2c(C)cccc2C)cc1. The van der Waals surface area contributed by atoms with E-state index < -0.39 is 0 Å². The van der Waals surface area contributed by atoms with Crippen LogP contribution in [0.3, 0.4) is 0 Å². The predicted molar refractivity (Wildman–Crippen MR) is 104 cm³/mol. The summed E-state index contributed by atoms with van der Waals surface area (Å²) in [6, 6.07) is 13.8. The number of hydrogen-bond acceptors (Lipinski definition) is 3. The molecule has 0 spiro atoms. The molecule has 0 saturated carbocycles. The molecule has 0 aromatic heterocycles. The molecule has 5 heteroatoms. The Morgan fingerprint density at radius 3 is 2.27 bits per heavy atom. The Bertz CT molecular complexity index is 679. The van der Waals surface area contributed by atoms with Crippen molar-refractivity contribution in [1.29, 1.82) is 0 Å². The third-order valence-electron chi connectivity index (χ3n) is 4.12. The Kier molecular flexibility index (Phi) is 7.80. The first kappa shape index (κ1) is 19.6. The van der Waals surface area contributed by atoms with Gasteiger partial charge in [0.05, 0.1) is 13.7 Å². The van der Waals surface area contributed by atoms with Crippen molar-refractivity contribution < 1.29 is 14.3 Å². The second kappa shape index (κ2) is 10.3. The normalized spacial score (nSPS) is 10.3. The van der Waals surface area contributed by atoms with Gasteiger partial charge in [-0.05, 0) is 55.5 Å². The Morgan fingerprint density at radius 2 is 1.62 bits per heavy atom. The molecule has 0 atom stereocenters. The third kappa shape index (κ3) is 6.31. The maximum atomic E-state index is 11.8. The minimum Gasteiger partial charge on any atom is -0.497 e. The van der Waals surface area contributed by atoms with Crippen molar-refractivity contribution in [2.45, 2.75) is 26.7 Å². The fourth-order valence-electron chi connectivity index (χ4n) is 2.65. The molecule has 0 radical (unpaired) electrons. The van der Waals surface area contributed by atoms with Crippen molar-refractivity contribution in [2.24, 2.45) is 0 Å². The number of rotatable bonds is 9. The summed E-state index contributed by atoms with van der Waals surface area (Å²) in [6.07, 6.45) is 1.55. The van der Waals surface area contributed by atoms with Gasteiger partial charge in [0.1, 0.15) is 11.5 Å². The van der Waals surface area contributed by atoms with E-state index in [-0.39, 0.29) is 6.03 Å². The summed E-state index contributed by atoms with van der Waals surface area (Å²) in [6.45, 7) is 5.84. The highest BCUT2D eigenvalue weighted by molar-refractivity contribution is 5.73. The molecule has 26 heavy (non-hydrogen) atoms. The summed E-state index contributed by atoms with van der Waals surface area (Å²) in [4.78, 5) is 11.8. The van der Waals surface area contributed by atoms with E-state index in [1.54, 1.807) is 7.11 Å². The fraction of sp³-hybridized carbons (Fsp3) is 0.381. The quantitative estimate of drug-likeness (QED) is 0.675. The second-order valence-corrected chi connectivity index (χ2v) is 6.20. The summed E-state index contributed by atoms with van der Waals surface area (Å²) in [7, 11) is 1.65. The molecular weight excluding hydrogens is 328 g/mol. The van der Waals surface area contributed by atoms with Gasteiger partial charge in [0, 0.05) is 13.1 Å². The number of methoxy groups -OCH3 is 1. The fourth-order valence-corrected chi connectivity index (χ4v) is 2.65. The van der Waals surface area contributed by atoms with Crippen LogP contribution < -0.4 is 20.1 Å². The molecule has 0 heterocycles. The Balaban J connectivity index is 1.57. The molecule has 0 bridgehead atoms. The lowest BCUT2D eigenvalue weighted by Crippen LogP contribution is -2.37. The van der Waals surface area contributed by atoms with Crippen molar-refractivity contribution >= 4 is 6.03 Å². The van der Waals surface area contributed by atoms with Gasteiger partial charge >= 0.3 is 6.03 Å². The number of ether oxygens (including phenoxy) is 2. The van der Waals surface area contributed by atoms with E-state index in [0.717, 1.165) is 41.0 Å². The average Bonchev–Trinajstić information content (AvgIpc) is 2.64. The maximum absolute atomic E-state index is 11.8. The van der Waals surface area contributed by atoms with E-state index in [9.17, 15) is 4.79 Å².